The summed E-state index contributed by atoms with van der Waals surface area (Å²) >= 11 is 5.98. The number of sulfonamides is 1. The molecule has 1 fully saturated rings. The topological polar surface area (TPSA) is 91.5 Å². The van der Waals surface area contributed by atoms with Gasteiger partial charge >= 0.3 is 0 Å². The first-order valence-corrected chi connectivity index (χ1v) is 10.6. The van der Waals surface area contributed by atoms with Gasteiger partial charge in [0.15, 0.2) is 5.75 Å². The molecule has 0 radical (unpaired) electrons. The molecule has 1 aliphatic heterocycles. The van der Waals surface area contributed by atoms with Crippen LogP contribution in [0.25, 0.3) is 0 Å². The fourth-order valence-corrected chi connectivity index (χ4v) is 4.08. The van der Waals surface area contributed by atoms with Gasteiger partial charge in [0.25, 0.3) is 0 Å². The van der Waals surface area contributed by atoms with Crippen molar-refractivity contribution in [3.63, 3.8) is 0 Å². The molecule has 0 N–H and O–H groups in total. The molecule has 3 rings (SSSR count). The normalized spacial score (nSPS) is 19.0. The number of rotatable bonds is 5. The minimum atomic E-state index is -3.16. The van der Waals surface area contributed by atoms with Crippen molar-refractivity contribution in [2.24, 2.45) is 0 Å². The molecule has 8 nitrogen and oxygen atoms in total. The second-order valence-electron chi connectivity index (χ2n) is 6.53. The van der Waals surface area contributed by atoms with Gasteiger partial charge in [-0.3, -0.25) is 9.58 Å². The number of piperazine rings is 1. The Kier molecular flexibility index (Phi) is 5.72. The van der Waals surface area contributed by atoms with Crippen LogP contribution in [0.5, 0.6) is 11.5 Å². The Morgan fingerprint density at radius 3 is 2.78 bits per heavy atom. The number of halogens is 1. The molecule has 0 amide bonds. The highest BCUT2D eigenvalue weighted by Gasteiger charge is 2.28. The number of hydrogen-bond acceptors (Lipinski definition) is 6. The number of hydrogen-bond donors (Lipinski definition) is 0. The van der Waals surface area contributed by atoms with E-state index in [9.17, 15) is 8.42 Å². The van der Waals surface area contributed by atoms with E-state index < -0.39 is 10.0 Å². The zero-order valence-corrected chi connectivity index (χ0v) is 16.6. The number of aromatic nitrogens is 2. The Morgan fingerprint density at radius 2 is 2.11 bits per heavy atom. The highest BCUT2D eigenvalue weighted by atomic mass is 35.5. The van der Waals surface area contributed by atoms with Crippen LogP contribution >= 0.6 is 11.6 Å². The van der Waals surface area contributed by atoms with Crippen LogP contribution in [-0.2, 0) is 16.7 Å². The van der Waals surface area contributed by atoms with Crippen molar-refractivity contribution >= 4 is 21.6 Å². The fourth-order valence-electron chi connectivity index (χ4n) is 2.96. The van der Waals surface area contributed by atoms with Gasteiger partial charge in [0.1, 0.15) is 5.75 Å². The molecule has 1 atom stereocenters. The molecular weight excluding hydrogens is 390 g/mol. The lowest BCUT2D eigenvalue weighted by atomic mass is 10.2. The first-order valence-electron chi connectivity index (χ1n) is 8.35. The predicted molar refractivity (Wildman–Crippen MR) is 101 cm³/mol. The van der Waals surface area contributed by atoms with Crippen LogP contribution in [0.2, 0.25) is 5.02 Å². The summed E-state index contributed by atoms with van der Waals surface area (Å²) in [5.41, 5.74) is 0.419. The summed E-state index contributed by atoms with van der Waals surface area (Å²) < 4.78 is 32.3. The van der Waals surface area contributed by atoms with Crippen LogP contribution < -0.4 is 4.74 Å². The summed E-state index contributed by atoms with van der Waals surface area (Å²) in [5, 5.41) is 13.7. The smallest absolute Gasteiger partial charge is 0.211 e. The van der Waals surface area contributed by atoms with Crippen LogP contribution in [-0.4, -0.2) is 59.3 Å². The highest BCUT2D eigenvalue weighted by molar-refractivity contribution is 7.88. The second-order valence-corrected chi connectivity index (χ2v) is 8.95. The van der Waals surface area contributed by atoms with Gasteiger partial charge in [-0.2, -0.15) is 14.7 Å². The van der Waals surface area contributed by atoms with Crippen LogP contribution in [0.3, 0.4) is 0 Å². The van der Waals surface area contributed by atoms with Crippen LogP contribution in [0, 0.1) is 11.3 Å². The Morgan fingerprint density at radius 1 is 1.33 bits per heavy atom. The van der Waals surface area contributed by atoms with E-state index in [0.717, 1.165) is 0 Å². The molecule has 1 aromatic heterocycles. The highest BCUT2D eigenvalue weighted by Crippen LogP contribution is 2.26. The molecule has 27 heavy (non-hydrogen) atoms. The lowest BCUT2D eigenvalue weighted by molar-refractivity contribution is 0.0920. The molecule has 1 aromatic carbocycles. The standard InChI is InChI=1S/C17H20ClN5O3S/c1-13-10-23(27(2,24)25)4-3-21(13)12-22-11-17(9-20-22)26-16-6-14(8-19)5-15(18)7-16/h5-7,9,11,13H,3-4,10,12H2,1-2H3. The van der Waals surface area contributed by atoms with Crippen molar-refractivity contribution in [1.29, 1.82) is 5.26 Å². The van der Waals surface area contributed by atoms with E-state index >= 15 is 0 Å². The zero-order valence-electron chi connectivity index (χ0n) is 15.0. The van der Waals surface area contributed by atoms with Crippen molar-refractivity contribution in [2.75, 3.05) is 25.9 Å². The molecule has 0 spiro atoms. The molecule has 2 heterocycles. The quantitative estimate of drug-likeness (QED) is 0.751. The van der Waals surface area contributed by atoms with Gasteiger partial charge in [-0.15, -0.1) is 0 Å². The van der Waals surface area contributed by atoms with E-state index in [2.05, 4.69) is 10.00 Å². The molecule has 2 aromatic rings. The van der Waals surface area contributed by atoms with Crippen molar-refractivity contribution in [1.82, 2.24) is 19.0 Å². The van der Waals surface area contributed by atoms with Crippen molar-refractivity contribution in [3.05, 3.63) is 41.2 Å². The summed E-state index contributed by atoms with van der Waals surface area (Å²) in [6.45, 7) is 4.08. The van der Waals surface area contributed by atoms with Gasteiger partial charge in [-0.25, -0.2) is 8.42 Å². The van der Waals surface area contributed by atoms with E-state index in [1.54, 1.807) is 35.3 Å². The second kappa shape index (κ2) is 7.86. The SMILES string of the molecule is CC1CN(S(C)(=O)=O)CCN1Cn1cc(Oc2cc(Cl)cc(C#N)c2)cn1. The molecule has 0 aliphatic carbocycles. The van der Waals surface area contributed by atoms with E-state index in [0.29, 0.717) is 48.4 Å². The van der Waals surface area contributed by atoms with E-state index in [4.69, 9.17) is 21.6 Å². The minimum Gasteiger partial charge on any atom is -0.454 e. The maximum atomic E-state index is 11.7. The number of benzene rings is 1. The molecule has 10 heteroatoms. The first kappa shape index (κ1) is 19.6. The summed E-state index contributed by atoms with van der Waals surface area (Å²) in [6.07, 6.45) is 4.58. The zero-order chi connectivity index (χ0) is 19.6. The van der Waals surface area contributed by atoms with Gasteiger partial charge < -0.3 is 4.74 Å². The minimum absolute atomic E-state index is 0.0770. The van der Waals surface area contributed by atoms with Crippen LogP contribution in [0.4, 0.5) is 0 Å². The molecule has 144 valence electrons. The Labute approximate surface area is 163 Å². The maximum absolute atomic E-state index is 11.7. The average Bonchev–Trinajstić information content (AvgIpc) is 3.02. The molecule has 1 saturated heterocycles. The van der Waals surface area contributed by atoms with E-state index in [-0.39, 0.29) is 6.04 Å². The number of nitriles is 1. The largest absolute Gasteiger partial charge is 0.454 e. The van der Waals surface area contributed by atoms with Gasteiger partial charge in [-0.05, 0) is 25.1 Å². The van der Waals surface area contributed by atoms with Gasteiger partial charge in [-0.1, -0.05) is 11.6 Å². The van der Waals surface area contributed by atoms with Gasteiger partial charge in [0.2, 0.25) is 10.0 Å². The third kappa shape index (κ3) is 4.99. The number of nitrogens with zero attached hydrogens (tertiary/aromatic N) is 5. The molecular formula is C17H20ClN5O3S. The summed E-state index contributed by atoms with van der Waals surface area (Å²) in [4.78, 5) is 2.16. The lowest BCUT2D eigenvalue weighted by Gasteiger charge is -2.38. The monoisotopic (exact) mass is 409 g/mol. The van der Waals surface area contributed by atoms with E-state index in [1.165, 1.54) is 10.6 Å². The first-order chi connectivity index (χ1) is 12.7. The molecule has 0 saturated carbocycles. The van der Waals surface area contributed by atoms with Gasteiger partial charge in [0, 0.05) is 30.7 Å². The Bertz CT molecular complexity index is 969. The maximum Gasteiger partial charge on any atom is 0.211 e. The summed E-state index contributed by atoms with van der Waals surface area (Å²) in [5.74, 6) is 0.998. The lowest BCUT2D eigenvalue weighted by Crippen LogP contribution is -2.53. The van der Waals surface area contributed by atoms with Gasteiger partial charge in [0.05, 0.1) is 37.0 Å². The van der Waals surface area contributed by atoms with Crippen molar-refractivity contribution in [2.45, 2.75) is 19.6 Å². The van der Waals surface area contributed by atoms with E-state index in [1.807, 2.05) is 13.0 Å². The Balaban J connectivity index is 1.63. The summed E-state index contributed by atoms with van der Waals surface area (Å²) in [7, 11) is -3.16. The molecule has 0 bridgehead atoms. The molecule has 1 unspecified atom stereocenters. The summed E-state index contributed by atoms with van der Waals surface area (Å²) in [6, 6.07) is 6.91. The van der Waals surface area contributed by atoms with Crippen molar-refractivity contribution in [3.8, 4) is 17.6 Å². The third-order valence-electron chi connectivity index (χ3n) is 4.37. The Hall–Kier alpha value is -2.12. The molecule has 1 aliphatic rings. The third-order valence-corrected chi connectivity index (χ3v) is 5.86. The van der Waals surface area contributed by atoms with Crippen molar-refractivity contribution < 1.29 is 13.2 Å². The predicted octanol–water partition coefficient (Wildman–Crippen LogP) is 2.12. The number of ether oxygens (including phenoxy) is 1. The van der Waals surface area contributed by atoms with Crippen LogP contribution in [0.15, 0.2) is 30.6 Å². The fraction of sp³-hybridized carbons (Fsp3) is 0.412. The average molecular weight is 410 g/mol. The van der Waals surface area contributed by atoms with Crippen LogP contribution in [0.1, 0.15) is 12.5 Å².